The number of para-hydroxylation sites is 1. The molecule has 0 radical (unpaired) electrons. The first-order valence-corrected chi connectivity index (χ1v) is 12.1. The summed E-state index contributed by atoms with van der Waals surface area (Å²) in [5, 5.41) is 0. The molecular formula is C29H29N3O. The van der Waals surface area contributed by atoms with Crippen LogP contribution in [0.4, 0.5) is 0 Å². The molecule has 0 amide bonds. The van der Waals surface area contributed by atoms with Crippen LogP contribution in [-0.2, 0) is 25.5 Å². The maximum Gasteiger partial charge on any atom is 0.213 e. The number of hydrogen-bond donors (Lipinski definition) is 0. The van der Waals surface area contributed by atoms with E-state index in [4.69, 9.17) is 4.74 Å². The number of pyridine rings is 1. The van der Waals surface area contributed by atoms with Crippen molar-refractivity contribution in [3.63, 3.8) is 0 Å². The normalized spacial score (nSPS) is 23.9. The van der Waals surface area contributed by atoms with Crippen molar-refractivity contribution >= 4 is 11.0 Å². The molecule has 2 aromatic heterocycles. The number of ether oxygens (including phenoxy) is 1. The fourth-order valence-corrected chi connectivity index (χ4v) is 6.51. The maximum absolute atomic E-state index is 6.17. The van der Waals surface area contributed by atoms with E-state index in [0.717, 1.165) is 29.7 Å². The SMILES string of the molecule is Cn1cnc2cccc(C3CC(C)(C)c4ccc(COc5cc6c(cn5)C5CC5C6)cc43)c21. The van der Waals surface area contributed by atoms with Crippen molar-refractivity contribution < 1.29 is 4.74 Å². The molecule has 3 unspecified atom stereocenters. The van der Waals surface area contributed by atoms with Gasteiger partial charge in [0.2, 0.25) is 5.88 Å². The average molecular weight is 436 g/mol. The predicted molar refractivity (Wildman–Crippen MR) is 130 cm³/mol. The monoisotopic (exact) mass is 435 g/mol. The topological polar surface area (TPSA) is 39.9 Å². The van der Waals surface area contributed by atoms with Gasteiger partial charge in [-0.2, -0.15) is 0 Å². The summed E-state index contributed by atoms with van der Waals surface area (Å²) in [4.78, 5) is 9.20. The summed E-state index contributed by atoms with van der Waals surface area (Å²) in [7, 11) is 2.09. The Hall–Kier alpha value is -3.14. The van der Waals surface area contributed by atoms with Gasteiger partial charge >= 0.3 is 0 Å². The van der Waals surface area contributed by atoms with Gasteiger partial charge < -0.3 is 9.30 Å². The lowest BCUT2D eigenvalue weighted by molar-refractivity contribution is 0.293. The van der Waals surface area contributed by atoms with Gasteiger partial charge in [-0.15, -0.1) is 0 Å². The number of aromatic nitrogens is 3. The van der Waals surface area contributed by atoms with Crippen LogP contribution in [0, 0.1) is 5.92 Å². The van der Waals surface area contributed by atoms with Crippen molar-refractivity contribution in [3.8, 4) is 5.88 Å². The molecule has 0 N–H and O–H groups in total. The van der Waals surface area contributed by atoms with Gasteiger partial charge in [0.25, 0.3) is 0 Å². The van der Waals surface area contributed by atoms with E-state index in [1.165, 1.54) is 51.7 Å². The summed E-state index contributed by atoms with van der Waals surface area (Å²) in [5.41, 5.74) is 10.8. The number of rotatable bonds is 4. The van der Waals surface area contributed by atoms with E-state index in [9.17, 15) is 0 Å². The molecule has 3 aliphatic carbocycles. The second-order valence-electron chi connectivity index (χ2n) is 10.9. The van der Waals surface area contributed by atoms with Gasteiger partial charge in [0, 0.05) is 25.2 Å². The van der Waals surface area contributed by atoms with Gasteiger partial charge in [-0.25, -0.2) is 9.97 Å². The Bertz CT molecular complexity index is 1420. The number of benzene rings is 2. The lowest BCUT2D eigenvalue weighted by Gasteiger charge is -2.19. The van der Waals surface area contributed by atoms with E-state index < -0.39 is 0 Å². The molecule has 2 heterocycles. The zero-order chi connectivity index (χ0) is 22.3. The molecule has 4 heteroatoms. The van der Waals surface area contributed by atoms with Gasteiger partial charge in [0.05, 0.1) is 17.4 Å². The molecule has 3 aliphatic rings. The number of imidazole rings is 1. The summed E-state index contributed by atoms with van der Waals surface area (Å²) in [6.45, 7) is 5.28. The highest BCUT2D eigenvalue weighted by Crippen LogP contribution is 2.56. The van der Waals surface area contributed by atoms with Crippen LogP contribution in [0.25, 0.3) is 11.0 Å². The first-order chi connectivity index (χ1) is 16.0. The van der Waals surface area contributed by atoms with E-state index in [1.54, 1.807) is 0 Å². The van der Waals surface area contributed by atoms with E-state index in [2.05, 4.69) is 84.1 Å². The van der Waals surface area contributed by atoms with E-state index in [0.29, 0.717) is 12.5 Å². The molecule has 0 bridgehead atoms. The average Bonchev–Trinajstić information content (AvgIpc) is 3.20. The predicted octanol–water partition coefficient (Wildman–Crippen LogP) is 6.02. The van der Waals surface area contributed by atoms with Crippen LogP contribution in [0.3, 0.4) is 0 Å². The highest BCUT2D eigenvalue weighted by molar-refractivity contribution is 5.80. The molecule has 2 aromatic carbocycles. The highest BCUT2D eigenvalue weighted by atomic mass is 16.5. The summed E-state index contributed by atoms with van der Waals surface area (Å²) >= 11 is 0. The second kappa shape index (κ2) is 6.69. The Labute approximate surface area is 194 Å². The third-order valence-electron chi connectivity index (χ3n) is 8.27. The first kappa shape index (κ1) is 19.3. The molecule has 4 nitrogen and oxygen atoms in total. The molecule has 0 spiro atoms. The smallest absolute Gasteiger partial charge is 0.213 e. The van der Waals surface area contributed by atoms with Gasteiger partial charge in [0.15, 0.2) is 0 Å². The Kier molecular flexibility index (Phi) is 3.92. The van der Waals surface area contributed by atoms with E-state index in [1.807, 2.05) is 6.33 Å². The van der Waals surface area contributed by atoms with Crippen molar-refractivity contribution in [1.29, 1.82) is 0 Å². The Morgan fingerprint density at radius 2 is 1.97 bits per heavy atom. The zero-order valence-corrected chi connectivity index (χ0v) is 19.5. The minimum absolute atomic E-state index is 0.141. The largest absolute Gasteiger partial charge is 0.473 e. The minimum atomic E-state index is 0.141. The third-order valence-corrected chi connectivity index (χ3v) is 8.27. The van der Waals surface area contributed by atoms with Gasteiger partial charge in [-0.3, -0.25) is 0 Å². The lowest BCUT2D eigenvalue weighted by atomic mass is 9.85. The van der Waals surface area contributed by atoms with Crippen LogP contribution >= 0.6 is 0 Å². The number of hydrogen-bond acceptors (Lipinski definition) is 3. The Morgan fingerprint density at radius 1 is 1.06 bits per heavy atom. The molecule has 7 rings (SSSR count). The highest BCUT2D eigenvalue weighted by Gasteiger charge is 2.45. The van der Waals surface area contributed by atoms with Gasteiger partial charge in [0.1, 0.15) is 6.61 Å². The minimum Gasteiger partial charge on any atom is -0.473 e. The van der Waals surface area contributed by atoms with E-state index >= 15 is 0 Å². The standard InChI is InChI=1S/C29H29N3O/c1-29(2)13-23(20-5-4-6-26-28(20)32(3)16-31-26)22-9-17(7-8-25(22)29)15-33-27-12-19-10-18-11-21(18)24(19)14-30-27/h4-9,12,14,16,18,21,23H,10-11,13,15H2,1-3H3. The third kappa shape index (κ3) is 2.96. The van der Waals surface area contributed by atoms with Crippen LogP contribution in [-0.4, -0.2) is 14.5 Å². The van der Waals surface area contributed by atoms with Crippen LogP contribution in [0.5, 0.6) is 5.88 Å². The molecule has 1 fully saturated rings. The van der Waals surface area contributed by atoms with Crippen LogP contribution in [0.1, 0.15) is 71.9 Å². The summed E-state index contributed by atoms with van der Waals surface area (Å²) in [5.74, 6) is 2.77. The van der Waals surface area contributed by atoms with Gasteiger partial charge in [-0.1, -0.05) is 44.2 Å². The summed E-state index contributed by atoms with van der Waals surface area (Å²) < 4.78 is 8.33. The van der Waals surface area contributed by atoms with Crippen LogP contribution in [0.2, 0.25) is 0 Å². The Morgan fingerprint density at radius 3 is 2.88 bits per heavy atom. The fraction of sp³-hybridized carbons (Fsp3) is 0.379. The van der Waals surface area contributed by atoms with Crippen molar-refractivity contribution in [3.05, 3.63) is 88.4 Å². The van der Waals surface area contributed by atoms with Crippen molar-refractivity contribution in [2.45, 2.75) is 57.0 Å². The number of fused-ring (bicyclic) bond motifs is 5. The van der Waals surface area contributed by atoms with Crippen LogP contribution < -0.4 is 4.74 Å². The van der Waals surface area contributed by atoms with Crippen LogP contribution in [0.15, 0.2) is 55.0 Å². The van der Waals surface area contributed by atoms with E-state index in [-0.39, 0.29) is 5.41 Å². The molecule has 0 saturated heterocycles. The number of nitrogens with zero attached hydrogens (tertiary/aromatic N) is 3. The number of aryl methyl sites for hydroxylation is 1. The molecule has 166 valence electrons. The quantitative estimate of drug-likeness (QED) is 0.393. The van der Waals surface area contributed by atoms with Crippen molar-refractivity contribution in [2.24, 2.45) is 13.0 Å². The molecule has 3 atom stereocenters. The van der Waals surface area contributed by atoms with Gasteiger partial charge in [-0.05, 0) is 76.0 Å². The molecule has 1 saturated carbocycles. The van der Waals surface area contributed by atoms with Crippen molar-refractivity contribution in [2.75, 3.05) is 0 Å². The van der Waals surface area contributed by atoms with Crippen molar-refractivity contribution in [1.82, 2.24) is 14.5 Å². The summed E-state index contributed by atoms with van der Waals surface area (Å²) in [6.07, 6.45) is 7.64. The Balaban J connectivity index is 1.21. The molecule has 4 aromatic rings. The maximum atomic E-state index is 6.17. The molecule has 33 heavy (non-hydrogen) atoms. The summed E-state index contributed by atoms with van der Waals surface area (Å²) in [6, 6.07) is 15.6. The lowest BCUT2D eigenvalue weighted by Crippen LogP contribution is -2.12. The molecule has 0 aliphatic heterocycles. The molecular weight excluding hydrogens is 406 g/mol. The zero-order valence-electron chi connectivity index (χ0n) is 19.5. The second-order valence-corrected chi connectivity index (χ2v) is 10.9. The first-order valence-electron chi connectivity index (χ1n) is 12.1. The fourth-order valence-electron chi connectivity index (χ4n) is 6.51.